The number of aromatic nitrogens is 2. The van der Waals surface area contributed by atoms with Gasteiger partial charge in [0.2, 0.25) is 11.8 Å². The summed E-state index contributed by atoms with van der Waals surface area (Å²) in [5.41, 5.74) is 4.84. The predicted molar refractivity (Wildman–Crippen MR) is 64.1 cm³/mol. The van der Waals surface area contributed by atoms with Gasteiger partial charge in [-0.2, -0.15) is 9.97 Å². The highest BCUT2D eigenvalue weighted by molar-refractivity contribution is 5.42. The standard InChI is InChI=1S/C11H16N4O/c1-5-11(3,4)16-9-7-8(13-6-2)14-10(12)15-9/h1,7H,6H2,2-4H3,(H3,12,13,14,15). The predicted octanol–water partition coefficient (Wildman–Crippen LogP) is 1.28. The number of nitrogens with one attached hydrogen (secondary N) is 1. The van der Waals surface area contributed by atoms with Gasteiger partial charge in [-0.05, 0) is 20.8 Å². The van der Waals surface area contributed by atoms with Crippen molar-refractivity contribution in [2.45, 2.75) is 26.4 Å². The molecule has 0 aliphatic heterocycles. The molecule has 0 aliphatic carbocycles. The Balaban J connectivity index is 2.93. The molecule has 0 unspecified atom stereocenters. The highest BCUT2D eigenvalue weighted by Crippen LogP contribution is 2.19. The highest BCUT2D eigenvalue weighted by Gasteiger charge is 2.17. The number of anilines is 2. The van der Waals surface area contributed by atoms with Crippen LogP contribution in [0.2, 0.25) is 0 Å². The van der Waals surface area contributed by atoms with E-state index >= 15 is 0 Å². The van der Waals surface area contributed by atoms with Crippen molar-refractivity contribution in [3.63, 3.8) is 0 Å². The van der Waals surface area contributed by atoms with Crippen LogP contribution in [0, 0.1) is 12.3 Å². The largest absolute Gasteiger partial charge is 0.458 e. The normalized spacial score (nSPS) is 10.6. The van der Waals surface area contributed by atoms with Crippen molar-refractivity contribution in [3.05, 3.63) is 6.07 Å². The van der Waals surface area contributed by atoms with E-state index in [-0.39, 0.29) is 5.95 Å². The summed E-state index contributed by atoms with van der Waals surface area (Å²) < 4.78 is 5.51. The summed E-state index contributed by atoms with van der Waals surface area (Å²) in [5.74, 6) is 3.66. The van der Waals surface area contributed by atoms with E-state index in [9.17, 15) is 0 Å². The second kappa shape index (κ2) is 4.71. The zero-order valence-electron chi connectivity index (χ0n) is 9.74. The molecule has 1 rings (SSSR count). The second-order valence-electron chi connectivity index (χ2n) is 3.74. The van der Waals surface area contributed by atoms with E-state index < -0.39 is 5.60 Å². The van der Waals surface area contributed by atoms with Crippen molar-refractivity contribution in [2.24, 2.45) is 0 Å². The maximum Gasteiger partial charge on any atom is 0.225 e. The molecule has 5 heteroatoms. The first-order valence-electron chi connectivity index (χ1n) is 5.02. The molecule has 0 aromatic carbocycles. The fraction of sp³-hybridized carbons (Fsp3) is 0.455. The van der Waals surface area contributed by atoms with Gasteiger partial charge in [0.1, 0.15) is 5.82 Å². The molecular weight excluding hydrogens is 204 g/mol. The number of nitrogen functional groups attached to an aromatic ring is 1. The Morgan fingerprint density at radius 1 is 1.56 bits per heavy atom. The molecule has 1 aromatic heterocycles. The van der Waals surface area contributed by atoms with E-state index in [2.05, 4.69) is 21.2 Å². The fourth-order valence-electron chi connectivity index (χ4n) is 1.06. The van der Waals surface area contributed by atoms with Crippen LogP contribution in [-0.2, 0) is 0 Å². The third kappa shape index (κ3) is 3.31. The summed E-state index contributed by atoms with van der Waals surface area (Å²) in [6.45, 7) is 6.26. The number of hydrogen-bond donors (Lipinski definition) is 2. The summed E-state index contributed by atoms with van der Waals surface area (Å²) in [4.78, 5) is 7.96. The third-order valence-corrected chi connectivity index (χ3v) is 1.79. The molecule has 0 saturated heterocycles. The number of nitrogens with two attached hydrogens (primary N) is 1. The number of rotatable bonds is 4. The average Bonchev–Trinajstić information content (AvgIpc) is 2.16. The van der Waals surface area contributed by atoms with Gasteiger partial charge in [0, 0.05) is 12.6 Å². The lowest BCUT2D eigenvalue weighted by atomic mass is 10.1. The van der Waals surface area contributed by atoms with Gasteiger partial charge in [-0.1, -0.05) is 5.92 Å². The van der Waals surface area contributed by atoms with Crippen molar-refractivity contribution in [2.75, 3.05) is 17.6 Å². The van der Waals surface area contributed by atoms with Gasteiger partial charge >= 0.3 is 0 Å². The van der Waals surface area contributed by atoms with Crippen LogP contribution in [0.15, 0.2) is 6.07 Å². The number of ether oxygens (including phenoxy) is 1. The molecule has 5 nitrogen and oxygen atoms in total. The molecule has 0 saturated carbocycles. The molecule has 16 heavy (non-hydrogen) atoms. The SMILES string of the molecule is C#CC(C)(C)Oc1cc(NCC)nc(N)n1. The Bertz CT molecular complexity index is 409. The maximum absolute atomic E-state index is 5.56. The molecule has 0 amide bonds. The minimum atomic E-state index is -0.718. The molecule has 0 aliphatic rings. The number of terminal acetylenes is 1. The van der Waals surface area contributed by atoms with Gasteiger partial charge in [0.25, 0.3) is 0 Å². The minimum absolute atomic E-state index is 0.154. The van der Waals surface area contributed by atoms with E-state index in [1.165, 1.54) is 0 Å². The molecule has 1 aromatic rings. The Morgan fingerprint density at radius 3 is 2.81 bits per heavy atom. The molecule has 0 spiro atoms. The van der Waals surface area contributed by atoms with E-state index in [1.54, 1.807) is 19.9 Å². The molecule has 0 atom stereocenters. The van der Waals surface area contributed by atoms with Crippen LogP contribution >= 0.6 is 0 Å². The Hall–Kier alpha value is -1.96. The average molecular weight is 220 g/mol. The monoisotopic (exact) mass is 220 g/mol. The van der Waals surface area contributed by atoms with Crippen LogP contribution in [0.5, 0.6) is 5.88 Å². The molecule has 1 heterocycles. The highest BCUT2D eigenvalue weighted by atomic mass is 16.5. The second-order valence-corrected chi connectivity index (χ2v) is 3.74. The van der Waals surface area contributed by atoms with Crippen molar-refractivity contribution < 1.29 is 4.74 Å². The van der Waals surface area contributed by atoms with Crippen molar-refractivity contribution in [1.82, 2.24) is 9.97 Å². The van der Waals surface area contributed by atoms with Crippen molar-refractivity contribution in [1.29, 1.82) is 0 Å². The smallest absolute Gasteiger partial charge is 0.225 e. The first kappa shape index (κ1) is 12.1. The van der Waals surface area contributed by atoms with E-state index in [1.807, 2.05) is 6.92 Å². The van der Waals surface area contributed by atoms with Gasteiger partial charge in [0.15, 0.2) is 5.60 Å². The van der Waals surface area contributed by atoms with Crippen molar-refractivity contribution >= 4 is 11.8 Å². The molecule has 0 fully saturated rings. The van der Waals surface area contributed by atoms with Gasteiger partial charge in [-0.15, -0.1) is 6.42 Å². The lowest BCUT2D eigenvalue weighted by Gasteiger charge is -2.19. The first-order valence-corrected chi connectivity index (χ1v) is 5.02. The quantitative estimate of drug-likeness (QED) is 0.748. The van der Waals surface area contributed by atoms with Crippen LogP contribution in [0.1, 0.15) is 20.8 Å². The van der Waals surface area contributed by atoms with Gasteiger partial charge in [-0.25, -0.2) is 0 Å². The summed E-state index contributed by atoms with van der Waals surface area (Å²) in [6, 6.07) is 1.67. The van der Waals surface area contributed by atoms with E-state index in [4.69, 9.17) is 16.9 Å². The molecule has 0 radical (unpaired) electrons. The molecular formula is C11H16N4O. The Labute approximate surface area is 95.4 Å². The van der Waals surface area contributed by atoms with E-state index in [0.29, 0.717) is 11.7 Å². The van der Waals surface area contributed by atoms with Crippen LogP contribution in [0.25, 0.3) is 0 Å². The number of nitrogens with zero attached hydrogens (tertiary/aromatic N) is 2. The Morgan fingerprint density at radius 2 is 2.25 bits per heavy atom. The first-order chi connectivity index (χ1) is 7.46. The summed E-state index contributed by atoms with van der Waals surface area (Å²) in [5, 5.41) is 3.03. The maximum atomic E-state index is 5.56. The summed E-state index contributed by atoms with van der Waals surface area (Å²) in [7, 11) is 0. The van der Waals surface area contributed by atoms with E-state index in [0.717, 1.165) is 6.54 Å². The van der Waals surface area contributed by atoms with Crippen LogP contribution in [-0.4, -0.2) is 22.1 Å². The van der Waals surface area contributed by atoms with Crippen molar-refractivity contribution in [3.8, 4) is 18.2 Å². The zero-order chi connectivity index (χ0) is 12.2. The zero-order valence-corrected chi connectivity index (χ0v) is 9.74. The lowest BCUT2D eigenvalue weighted by molar-refractivity contribution is 0.165. The number of hydrogen-bond acceptors (Lipinski definition) is 5. The topological polar surface area (TPSA) is 73.1 Å². The van der Waals surface area contributed by atoms with Gasteiger partial charge in [-0.3, -0.25) is 0 Å². The van der Waals surface area contributed by atoms with Crippen LogP contribution in [0.4, 0.5) is 11.8 Å². The Kier molecular flexibility index (Phi) is 3.56. The molecule has 86 valence electrons. The fourth-order valence-corrected chi connectivity index (χ4v) is 1.06. The molecule has 3 N–H and O–H groups in total. The minimum Gasteiger partial charge on any atom is -0.458 e. The lowest BCUT2D eigenvalue weighted by Crippen LogP contribution is -2.26. The molecule has 0 bridgehead atoms. The summed E-state index contributed by atoms with van der Waals surface area (Å²) in [6.07, 6.45) is 5.32. The van der Waals surface area contributed by atoms with Crippen LogP contribution in [0.3, 0.4) is 0 Å². The van der Waals surface area contributed by atoms with Crippen LogP contribution < -0.4 is 15.8 Å². The van der Waals surface area contributed by atoms with Gasteiger partial charge in [0.05, 0.1) is 0 Å². The third-order valence-electron chi connectivity index (χ3n) is 1.79. The van der Waals surface area contributed by atoms with Gasteiger partial charge < -0.3 is 15.8 Å². The summed E-state index contributed by atoms with van der Waals surface area (Å²) >= 11 is 0.